The zero-order valence-electron chi connectivity index (χ0n) is 9.45. The first-order valence-electron chi connectivity index (χ1n) is 5.35. The van der Waals surface area contributed by atoms with Crippen LogP contribution in [0.15, 0.2) is 18.2 Å². The van der Waals surface area contributed by atoms with E-state index in [1.807, 2.05) is 0 Å². The van der Waals surface area contributed by atoms with Gasteiger partial charge in [0.25, 0.3) is 0 Å². The van der Waals surface area contributed by atoms with Crippen molar-refractivity contribution in [3.8, 4) is 5.75 Å². The minimum Gasteiger partial charge on any atom is -0.494 e. The van der Waals surface area contributed by atoms with Crippen molar-refractivity contribution in [2.45, 2.75) is 6.42 Å². The van der Waals surface area contributed by atoms with Gasteiger partial charge in [0.05, 0.1) is 12.8 Å². The molecule has 0 aliphatic carbocycles. The van der Waals surface area contributed by atoms with Crippen molar-refractivity contribution in [3.63, 3.8) is 0 Å². The lowest BCUT2D eigenvalue weighted by atomic mass is 10.1. The van der Waals surface area contributed by atoms with Crippen LogP contribution in [0.2, 0.25) is 0 Å². The second-order valence-corrected chi connectivity index (χ2v) is 4.35. The van der Waals surface area contributed by atoms with Crippen molar-refractivity contribution in [1.29, 1.82) is 0 Å². The highest BCUT2D eigenvalue weighted by Crippen LogP contribution is 2.33. The molecule has 92 valence electrons. The Labute approximate surface area is 104 Å². The molecule has 5 heteroatoms. The van der Waals surface area contributed by atoms with Gasteiger partial charge in [-0.15, -0.1) is 11.6 Å². The summed E-state index contributed by atoms with van der Waals surface area (Å²) in [6.07, 6.45) is 0.435. The molecule has 1 aromatic carbocycles. The SMILES string of the molecule is COc1cc(F)ccc1N1CC(CCl)CC1=O. The third-order valence-electron chi connectivity index (χ3n) is 2.86. The number of alkyl halides is 1. The molecule has 0 saturated carbocycles. The van der Waals surface area contributed by atoms with Crippen LogP contribution in [0.1, 0.15) is 6.42 Å². The number of hydrogen-bond acceptors (Lipinski definition) is 2. The molecule has 1 aromatic rings. The second kappa shape index (κ2) is 4.92. The van der Waals surface area contributed by atoms with Crippen molar-refractivity contribution in [2.24, 2.45) is 5.92 Å². The maximum absolute atomic E-state index is 13.1. The minimum atomic E-state index is -0.383. The smallest absolute Gasteiger partial charge is 0.227 e. The topological polar surface area (TPSA) is 29.5 Å². The lowest BCUT2D eigenvalue weighted by Gasteiger charge is -2.19. The molecule has 1 fully saturated rings. The highest BCUT2D eigenvalue weighted by molar-refractivity contribution is 6.18. The Bertz CT molecular complexity index is 439. The number of amides is 1. The van der Waals surface area contributed by atoms with Crippen LogP contribution in [0.5, 0.6) is 5.75 Å². The molecule has 1 saturated heterocycles. The number of benzene rings is 1. The van der Waals surface area contributed by atoms with E-state index >= 15 is 0 Å². The molecule has 1 amide bonds. The van der Waals surface area contributed by atoms with Crippen molar-refractivity contribution in [2.75, 3.05) is 24.4 Å². The Morgan fingerprint density at radius 1 is 1.59 bits per heavy atom. The molecule has 0 bridgehead atoms. The van der Waals surface area contributed by atoms with Gasteiger partial charge in [-0.25, -0.2) is 4.39 Å². The maximum Gasteiger partial charge on any atom is 0.227 e. The number of halogens is 2. The molecule has 0 radical (unpaired) electrons. The summed E-state index contributed by atoms with van der Waals surface area (Å²) in [4.78, 5) is 13.4. The van der Waals surface area contributed by atoms with Crippen molar-refractivity contribution in [1.82, 2.24) is 0 Å². The number of anilines is 1. The van der Waals surface area contributed by atoms with Crippen LogP contribution in [0.4, 0.5) is 10.1 Å². The summed E-state index contributed by atoms with van der Waals surface area (Å²) in [5, 5.41) is 0. The number of methoxy groups -OCH3 is 1. The summed E-state index contributed by atoms with van der Waals surface area (Å²) in [5.74, 6) is 0.588. The normalized spacial score (nSPS) is 19.8. The van der Waals surface area contributed by atoms with E-state index in [4.69, 9.17) is 16.3 Å². The van der Waals surface area contributed by atoms with Crippen LogP contribution >= 0.6 is 11.6 Å². The van der Waals surface area contributed by atoms with Crippen molar-refractivity contribution >= 4 is 23.2 Å². The van der Waals surface area contributed by atoms with Crippen molar-refractivity contribution in [3.05, 3.63) is 24.0 Å². The third kappa shape index (κ3) is 2.36. The predicted octanol–water partition coefficient (Wildman–Crippen LogP) is 2.43. The summed E-state index contributed by atoms with van der Waals surface area (Å²) in [5.41, 5.74) is 0.603. The van der Waals surface area contributed by atoms with E-state index < -0.39 is 0 Å². The number of carbonyl (C=O) groups is 1. The van der Waals surface area contributed by atoms with Gasteiger partial charge in [0, 0.05) is 24.9 Å². The van der Waals surface area contributed by atoms with E-state index in [2.05, 4.69) is 0 Å². The first-order valence-corrected chi connectivity index (χ1v) is 5.89. The molecule has 3 nitrogen and oxygen atoms in total. The van der Waals surface area contributed by atoms with Crippen molar-refractivity contribution < 1.29 is 13.9 Å². The molecular weight excluding hydrogens is 245 g/mol. The summed E-state index contributed by atoms with van der Waals surface area (Å²) in [6, 6.07) is 4.15. The first kappa shape index (κ1) is 12.2. The Kier molecular flexibility index (Phi) is 3.52. The summed E-state index contributed by atoms with van der Waals surface area (Å²) < 4.78 is 18.1. The standard InChI is InChI=1S/C12H13ClFNO2/c1-17-11-5-9(14)2-3-10(11)15-7-8(6-13)4-12(15)16/h2-3,5,8H,4,6-7H2,1H3. The molecule has 2 rings (SSSR count). The van der Waals surface area contributed by atoms with E-state index in [1.54, 1.807) is 11.0 Å². The molecular formula is C12H13ClFNO2. The van der Waals surface area contributed by atoms with Gasteiger partial charge in [-0.3, -0.25) is 4.79 Å². The fourth-order valence-corrected chi connectivity index (χ4v) is 2.20. The van der Waals surface area contributed by atoms with E-state index in [1.165, 1.54) is 19.2 Å². The van der Waals surface area contributed by atoms with Gasteiger partial charge in [0.2, 0.25) is 5.91 Å². The van der Waals surface area contributed by atoms with E-state index in [0.717, 1.165) is 0 Å². The fraction of sp³-hybridized carbons (Fsp3) is 0.417. The Morgan fingerprint density at radius 2 is 2.35 bits per heavy atom. The lowest BCUT2D eigenvalue weighted by Crippen LogP contribution is -2.25. The Morgan fingerprint density at radius 3 is 2.94 bits per heavy atom. The largest absolute Gasteiger partial charge is 0.494 e. The molecule has 17 heavy (non-hydrogen) atoms. The third-order valence-corrected chi connectivity index (χ3v) is 3.29. The van der Waals surface area contributed by atoms with Gasteiger partial charge in [0.15, 0.2) is 0 Å². The molecule has 1 atom stereocenters. The van der Waals surface area contributed by atoms with Crippen LogP contribution < -0.4 is 9.64 Å². The molecule has 0 spiro atoms. The zero-order chi connectivity index (χ0) is 12.4. The van der Waals surface area contributed by atoms with E-state index in [0.29, 0.717) is 30.3 Å². The van der Waals surface area contributed by atoms with Crippen LogP contribution in [0, 0.1) is 11.7 Å². The number of carbonyl (C=O) groups excluding carboxylic acids is 1. The van der Waals surface area contributed by atoms with Crippen LogP contribution in [0.3, 0.4) is 0 Å². The van der Waals surface area contributed by atoms with Gasteiger partial charge >= 0.3 is 0 Å². The molecule has 1 aliphatic rings. The van der Waals surface area contributed by atoms with Crippen LogP contribution in [-0.4, -0.2) is 25.4 Å². The van der Waals surface area contributed by atoms with E-state index in [-0.39, 0.29) is 17.6 Å². The quantitative estimate of drug-likeness (QED) is 0.779. The second-order valence-electron chi connectivity index (χ2n) is 4.04. The molecule has 0 N–H and O–H groups in total. The Balaban J connectivity index is 2.31. The number of nitrogens with zero attached hydrogens (tertiary/aromatic N) is 1. The van der Waals surface area contributed by atoms with Gasteiger partial charge in [-0.1, -0.05) is 0 Å². The monoisotopic (exact) mass is 257 g/mol. The molecule has 1 unspecified atom stereocenters. The molecule has 0 aromatic heterocycles. The average molecular weight is 258 g/mol. The average Bonchev–Trinajstić information content (AvgIpc) is 2.70. The maximum atomic E-state index is 13.1. The Hall–Kier alpha value is -1.29. The van der Waals surface area contributed by atoms with E-state index in [9.17, 15) is 9.18 Å². The number of rotatable bonds is 3. The van der Waals surface area contributed by atoms with Crippen LogP contribution in [-0.2, 0) is 4.79 Å². The first-order chi connectivity index (χ1) is 8.15. The van der Waals surface area contributed by atoms with Crippen LogP contribution in [0.25, 0.3) is 0 Å². The van der Waals surface area contributed by atoms with Gasteiger partial charge in [-0.2, -0.15) is 0 Å². The molecule has 1 aliphatic heterocycles. The van der Waals surface area contributed by atoms with Gasteiger partial charge in [-0.05, 0) is 18.1 Å². The van der Waals surface area contributed by atoms with Gasteiger partial charge in [0.1, 0.15) is 11.6 Å². The minimum absolute atomic E-state index is 0.000517. The summed E-state index contributed by atoms with van der Waals surface area (Å²) in [6.45, 7) is 0.560. The highest BCUT2D eigenvalue weighted by Gasteiger charge is 2.31. The summed E-state index contributed by atoms with van der Waals surface area (Å²) in [7, 11) is 1.46. The number of hydrogen-bond donors (Lipinski definition) is 0. The zero-order valence-corrected chi connectivity index (χ0v) is 10.2. The fourth-order valence-electron chi connectivity index (χ4n) is 1.99. The van der Waals surface area contributed by atoms with Gasteiger partial charge < -0.3 is 9.64 Å². The summed E-state index contributed by atoms with van der Waals surface area (Å²) >= 11 is 5.75. The number of ether oxygens (including phenoxy) is 1. The highest BCUT2D eigenvalue weighted by atomic mass is 35.5. The molecule has 1 heterocycles. The predicted molar refractivity (Wildman–Crippen MR) is 64.1 cm³/mol. The lowest BCUT2D eigenvalue weighted by molar-refractivity contribution is -0.117.